The third kappa shape index (κ3) is 4.57. The molecular formula is C16H22N2O2S2. The second kappa shape index (κ2) is 8.13. The number of rotatable bonds is 6. The summed E-state index contributed by atoms with van der Waals surface area (Å²) in [5.41, 5.74) is 1.34. The van der Waals surface area contributed by atoms with Crippen LogP contribution in [0.5, 0.6) is 5.75 Å². The fourth-order valence-corrected chi connectivity index (χ4v) is 5.25. The Kier molecular flexibility index (Phi) is 5.92. The highest BCUT2D eigenvalue weighted by Gasteiger charge is 2.18. The Morgan fingerprint density at radius 2 is 1.95 bits per heavy atom. The molecule has 4 nitrogen and oxygen atoms in total. The molecule has 0 unspecified atom stereocenters. The molecule has 0 bridgehead atoms. The van der Waals surface area contributed by atoms with Gasteiger partial charge in [0.25, 0.3) is 5.91 Å². The number of hydrogen-bond donors (Lipinski definition) is 2. The first kappa shape index (κ1) is 16.0. The van der Waals surface area contributed by atoms with Crippen LogP contribution in [-0.4, -0.2) is 43.7 Å². The Morgan fingerprint density at radius 3 is 2.59 bits per heavy atom. The molecule has 22 heavy (non-hydrogen) atoms. The maximum absolute atomic E-state index is 11.7. The molecule has 2 aliphatic rings. The van der Waals surface area contributed by atoms with Gasteiger partial charge in [0.1, 0.15) is 5.75 Å². The summed E-state index contributed by atoms with van der Waals surface area (Å²) < 4.78 is 6.10. The van der Waals surface area contributed by atoms with Crippen LogP contribution in [0.3, 0.4) is 0 Å². The van der Waals surface area contributed by atoms with Gasteiger partial charge in [0.05, 0.1) is 4.58 Å². The molecule has 1 aromatic rings. The first-order valence-corrected chi connectivity index (χ1v) is 9.84. The second-order valence-corrected chi connectivity index (χ2v) is 8.34. The van der Waals surface area contributed by atoms with E-state index in [4.69, 9.17) is 4.74 Å². The Morgan fingerprint density at radius 1 is 1.23 bits per heavy atom. The molecule has 0 radical (unpaired) electrons. The number of carbonyl (C=O) groups excluding carboxylic acids is 1. The number of carbonyl (C=O) groups is 1. The van der Waals surface area contributed by atoms with Gasteiger partial charge in [-0.3, -0.25) is 4.79 Å². The molecule has 0 saturated carbocycles. The molecule has 2 heterocycles. The van der Waals surface area contributed by atoms with E-state index >= 15 is 0 Å². The van der Waals surface area contributed by atoms with Crippen LogP contribution in [0.4, 0.5) is 0 Å². The topological polar surface area (TPSA) is 50.4 Å². The zero-order valence-electron chi connectivity index (χ0n) is 12.5. The summed E-state index contributed by atoms with van der Waals surface area (Å²) >= 11 is 4.02. The van der Waals surface area contributed by atoms with Crippen molar-refractivity contribution in [2.75, 3.05) is 37.7 Å². The summed E-state index contributed by atoms with van der Waals surface area (Å²) in [6.07, 6.45) is 1.30. The van der Waals surface area contributed by atoms with Crippen molar-refractivity contribution in [3.63, 3.8) is 0 Å². The van der Waals surface area contributed by atoms with Crippen LogP contribution in [0.15, 0.2) is 24.3 Å². The van der Waals surface area contributed by atoms with E-state index in [1.165, 1.54) is 23.5 Å². The molecule has 6 heteroatoms. The van der Waals surface area contributed by atoms with Gasteiger partial charge in [-0.2, -0.15) is 0 Å². The van der Waals surface area contributed by atoms with Crippen molar-refractivity contribution in [3.05, 3.63) is 29.8 Å². The maximum atomic E-state index is 11.7. The van der Waals surface area contributed by atoms with E-state index in [1.807, 2.05) is 35.7 Å². The normalized spacial score (nSPS) is 19.5. The highest BCUT2D eigenvalue weighted by Crippen LogP contribution is 2.43. The molecular weight excluding hydrogens is 316 g/mol. The minimum atomic E-state index is -0.0469. The van der Waals surface area contributed by atoms with Gasteiger partial charge in [-0.15, -0.1) is 23.5 Å². The van der Waals surface area contributed by atoms with Crippen molar-refractivity contribution in [1.29, 1.82) is 0 Å². The Hall–Kier alpha value is -0.850. The van der Waals surface area contributed by atoms with Crippen LogP contribution in [0.1, 0.15) is 16.6 Å². The van der Waals surface area contributed by atoms with Gasteiger partial charge in [0.15, 0.2) is 6.61 Å². The van der Waals surface area contributed by atoms with Crippen LogP contribution in [-0.2, 0) is 4.79 Å². The lowest BCUT2D eigenvalue weighted by Gasteiger charge is -2.27. The molecule has 0 atom stereocenters. The van der Waals surface area contributed by atoms with Gasteiger partial charge in [0, 0.05) is 25.6 Å². The number of benzene rings is 1. The van der Waals surface area contributed by atoms with Crippen LogP contribution >= 0.6 is 23.5 Å². The van der Waals surface area contributed by atoms with Crippen molar-refractivity contribution < 1.29 is 9.53 Å². The molecule has 0 aromatic heterocycles. The molecule has 0 spiro atoms. The molecule has 2 N–H and O–H groups in total. The van der Waals surface area contributed by atoms with E-state index in [1.54, 1.807) is 0 Å². The van der Waals surface area contributed by atoms with E-state index in [2.05, 4.69) is 22.8 Å². The first-order valence-electron chi connectivity index (χ1n) is 7.74. The zero-order chi connectivity index (χ0) is 15.2. The molecule has 1 aromatic carbocycles. The molecule has 1 amide bonds. The summed E-state index contributed by atoms with van der Waals surface area (Å²) in [7, 11) is 0. The molecule has 2 aliphatic heterocycles. The van der Waals surface area contributed by atoms with E-state index in [0.29, 0.717) is 10.5 Å². The Bertz CT molecular complexity index is 485. The lowest BCUT2D eigenvalue weighted by Crippen LogP contribution is -2.48. The Balaban J connectivity index is 1.41. The molecule has 3 rings (SSSR count). The smallest absolute Gasteiger partial charge is 0.257 e. The largest absolute Gasteiger partial charge is 0.484 e. The average Bonchev–Trinajstić information content (AvgIpc) is 2.53. The zero-order valence-corrected chi connectivity index (χ0v) is 14.2. The van der Waals surface area contributed by atoms with Crippen LogP contribution in [0.25, 0.3) is 0 Å². The summed E-state index contributed by atoms with van der Waals surface area (Å²) in [5, 5.41) is 6.10. The fraction of sp³-hybridized carbons (Fsp3) is 0.562. The minimum Gasteiger partial charge on any atom is -0.484 e. The first-order chi connectivity index (χ1) is 10.8. The summed E-state index contributed by atoms with van der Waals surface area (Å²) in [5.74, 6) is 3.78. The van der Waals surface area contributed by atoms with Gasteiger partial charge < -0.3 is 15.4 Å². The predicted octanol–water partition coefficient (Wildman–Crippen LogP) is 2.27. The van der Waals surface area contributed by atoms with Crippen molar-refractivity contribution in [2.45, 2.75) is 11.0 Å². The molecule has 2 saturated heterocycles. The van der Waals surface area contributed by atoms with Gasteiger partial charge in [-0.1, -0.05) is 12.1 Å². The van der Waals surface area contributed by atoms with E-state index in [0.717, 1.165) is 25.4 Å². The van der Waals surface area contributed by atoms with Gasteiger partial charge >= 0.3 is 0 Å². The highest BCUT2D eigenvalue weighted by molar-refractivity contribution is 8.16. The van der Waals surface area contributed by atoms with Gasteiger partial charge in [-0.05, 0) is 35.6 Å². The standard InChI is InChI=1S/C16H22N2O2S2/c19-15(18-10-12-8-17-9-12)11-20-14-4-2-13(3-5-14)16-21-6-1-7-22-16/h2-5,12,16-17H,1,6-11H2,(H,18,19). The van der Waals surface area contributed by atoms with Crippen molar-refractivity contribution in [2.24, 2.45) is 5.92 Å². The third-order valence-corrected chi connectivity index (χ3v) is 6.82. The number of amides is 1. The summed E-state index contributed by atoms with van der Waals surface area (Å²) in [4.78, 5) is 11.7. The number of nitrogens with one attached hydrogen (secondary N) is 2. The Labute approximate surface area is 140 Å². The number of thioether (sulfide) groups is 2. The summed E-state index contributed by atoms with van der Waals surface area (Å²) in [6.45, 7) is 2.83. The number of ether oxygens (including phenoxy) is 1. The molecule has 2 fully saturated rings. The second-order valence-electron chi connectivity index (χ2n) is 5.61. The van der Waals surface area contributed by atoms with Crippen LogP contribution in [0, 0.1) is 5.92 Å². The SMILES string of the molecule is O=C(COc1ccc(C2SCCCS2)cc1)NCC1CNC1. The highest BCUT2D eigenvalue weighted by atomic mass is 32.2. The predicted molar refractivity (Wildman–Crippen MR) is 93.6 cm³/mol. The monoisotopic (exact) mass is 338 g/mol. The minimum absolute atomic E-state index is 0.0469. The average molecular weight is 338 g/mol. The fourth-order valence-electron chi connectivity index (χ4n) is 2.35. The molecule has 120 valence electrons. The molecule has 0 aliphatic carbocycles. The third-order valence-electron chi connectivity index (χ3n) is 3.80. The van der Waals surface area contributed by atoms with Crippen LogP contribution in [0.2, 0.25) is 0 Å². The van der Waals surface area contributed by atoms with E-state index in [9.17, 15) is 4.79 Å². The quantitative estimate of drug-likeness (QED) is 0.833. The van der Waals surface area contributed by atoms with Crippen molar-refractivity contribution >= 4 is 29.4 Å². The van der Waals surface area contributed by atoms with Gasteiger partial charge in [0.2, 0.25) is 0 Å². The van der Waals surface area contributed by atoms with Crippen LogP contribution < -0.4 is 15.4 Å². The maximum Gasteiger partial charge on any atom is 0.257 e. The van der Waals surface area contributed by atoms with E-state index < -0.39 is 0 Å². The van der Waals surface area contributed by atoms with E-state index in [-0.39, 0.29) is 12.5 Å². The number of hydrogen-bond acceptors (Lipinski definition) is 5. The lowest BCUT2D eigenvalue weighted by atomic mass is 10.0. The van der Waals surface area contributed by atoms with Gasteiger partial charge in [-0.25, -0.2) is 0 Å². The van der Waals surface area contributed by atoms with Crippen molar-refractivity contribution in [1.82, 2.24) is 10.6 Å². The lowest BCUT2D eigenvalue weighted by molar-refractivity contribution is -0.123. The summed E-state index contributed by atoms with van der Waals surface area (Å²) in [6, 6.07) is 8.16. The van der Waals surface area contributed by atoms with Crippen molar-refractivity contribution in [3.8, 4) is 5.75 Å².